The minimum absolute atomic E-state index is 0.0223. The molecule has 2 heterocycles. The van der Waals surface area contributed by atoms with E-state index in [1.165, 1.54) is 0 Å². The number of aryl methyl sites for hydroxylation is 1. The number of thiazole rings is 1. The third kappa shape index (κ3) is 2.67. The first-order chi connectivity index (χ1) is 9.74. The Morgan fingerprint density at radius 3 is 3.05 bits per heavy atom. The molecular formula is C15H17N3OS. The zero-order valence-electron chi connectivity index (χ0n) is 11.4. The molecule has 0 spiro atoms. The van der Waals surface area contributed by atoms with Gasteiger partial charge in [-0.1, -0.05) is 18.2 Å². The number of hydrogen-bond donors (Lipinski definition) is 1. The number of rotatable bonds is 3. The van der Waals surface area contributed by atoms with E-state index in [1.807, 2.05) is 42.8 Å². The zero-order chi connectivity index (χ0) is 13.9. The maximum absolute atomic E-state index is 12.3. The molecule has 104 valence electrons. The van der Waals surface area contributed by atoms with E-state index in [-0.39, 0.29) is 11.9 Å². The Balaban J connectivity index is 1.62. The topological polar surface area (TPSA) is 45.2 Å². The van der Waals surface area contributed by atoms with Crippen molar-refractivity contribution in [2.75, 3.05) is 18.0 Å². The molecule has 1 atom stereocenters. The van der Waals surface area contributed by atoms with Crippen LogP contribution in [-0.2, 0) is 0 Å². The van der Waals surface area contributed by atoms with E-state index in [2.05, 4.69) is 15.2 Å². The summed E-state index contributed by atoms with van der Waals surface area (Å²) < 4.78 is 0. The Morgan fingerprint density at radius 1 is 1.45 bits per heavy atom. The van der Waals surface area contributed by atoms with Crippen LogP contribution in [0.5, 0.6) is 0 Å². The lowest BCUT2D eigenvalue weighted by Gasteiger charge is -2.16. The van der Waals surface area contributed by atoms with Gasteiger partial charge in [0, 0.05) is 36.3 Å². The second kappa shape index (κ2) is 5.63. The minimum Gasteiger partial charge on any atom is -0.347 e. The van der Waals surface area contributed by atoms with Gasteiger partial charge in [0.05, 0.1) is 0 Å². The first-order valence-corrected chi connectivity index (χ1v) is 7.63. The molecule has 3 rings (SSSR count). The third-order valence-electron chi connectivity index (χ3n) is 3.60. The normalized spacial score (nSPS) is 18.2. The largest absolute Gasteiger partial charge is 0.347 e. The second-order valence-corrected chi connectivity index (χ2v) is 5.91. The quantitative estimate of drug-likeness (QED) is 0.943. The van der Waals surface area contributed by atoms with Crippen LogP contribution < -0.4 is 10.2 Å². The molecule has 5 heteroatoms. The summed E-state index contributed by atoms with van der Waals surface area (Å²) in [4.78, 5) is 18.8. The van der Waals surface area contributed by atoms with Crippen molar-refractivity contribution in [2.24, 2.45) is 0 Å². The fourth-order valence-electron chi connectivity index (χ4n) is 2.51. The van der Waals surface area contributed by atoms with Crippen LogP contribution in [0, 0.1) is 6.92 Å². The molecule has 1 aliphatic heterocycles. The first-order valence-electron chi connectivity index (χ1n) is 6.75. The van der Waals surface area contributed by atoms with Gasteiger partial charge >= 0.3 is 0 Å². The molecule has 0 unspecified atom stereocenters. The van der Waals surface area contributed by atoms with Crippen LogP contribution in [0.2, 0.25) is 0 Å². The van der Waals surface area contributed by atoms with Gasteiger partial charge < -0.3 is 10.2 Å². The van der Waals surface area contributed by atoms with Gasteiger partial charge in [0.2, 0.25) is 0 Å². The van der Waals surface area contributed by atoms with Crippen LogP contribution in [0.3, 0.4) is 0 Å². The molecule has 4 nitrogen and oxygen atoms in total. The number of hydrogen-bond acceptors (Lipinski definition) is 4. The smallest absolute Gasteiger partial charge is 0.251 e. The number of benzene rings is 1. The van der Waals surface area contributed by atoms with Crippen molar-refractivity contribution in [3.05, 3.63) is 47.0 Å². The monoisotopic (exact) mass is 287 g/mol. The van der Waals surface area contributed by atoms with E-state index in [9.17, 15) is 4.79 Å². The molecule has 1 amide bonds. The number of carbonyl (C=O) groups is 1. The van der Waals surface area contributed by atoms with Crippen molar-refractivity contribution in [1.82, 2.24) is 10.3 Å². The summed E-state index contributed by atoms with van der Waals surface area (Å²) in [5.41, 5.74) is 1.78. The molecular weight excluding hydrogens is 270 g/mol. The molecule has 0 saturated carbocycles. The Morgan fingerprint density at radius 2 is 2.30 bits per heavy atom. The average Bonchev–Trinajstić information content (AvgIpc) is 3.09. The minimum atomic E-state index is 0.0223. The maximum atomic E-state index is 12.3. The SMILES string of the molecule is Cc1ccccc1C(=O)N[C@H]1CCN(c2nccs2)C1. The molecule has 0 radical (unpaired) electrons. The molecule has 1 N–H and O–H groups in total. The highest BCUT2D eigenvalue weighted by Crippen LogP contribution is 2.22. The van der Waals surface area contributed by atoms with Crippen molar-refractivity contribution in [2.45, 2.75) is 19.4 Å². The molecule has 1 aromatic carbocycles. The van der Waals surface area contributed by atoms with Crippen LogP contribution in [0.25, 0.3) is 0 Å². The summed E-state index contributed by atoms with van der Waals surface area (Å²) in [6, 6.07) is 7.89. The fourth-order valence-corrected chi connectivity index (χ4v) is 3.19. The molecule has 0 bridgehead atoms. The number of aromatic nitrogens is 1. The molecule has 1 aliphatic rings. The second-order valence-electron chi connectivity index (χ2n) is 5.03. The third-order valence-corrected chi connectivity index (χ3v) is 4.44. The maximum Gasteiger partial charge on any atom is 0.251 e. The van der Waals surface area contributed by atoms with Gasteiger partial charge in [0.1, 0.15) is 0 Å². The molecule has 1 aromatic heterocycles. The van der Waals surface area contributed by atoms with Gasteiger partial charge in [-0.3, -0.25) is 4.79 Å². The predicted octanol–water partition coefficient (Wildman–Crippen LogP) is 2.46. The fraction of sp³-hybridized carbons (Fsp3) is 0.333. The zero-order valence-corrected chi connectivity index (χ0v) is 12.2. The lowest BCUT2D eigenvalue weighted by atomic mass is 10.1. The van der Waals surface area contributed by atoms with Crippen LogP contribution >= 0.6 is 11.3 Å². The Kier molecular flexibility index (Phi) is 3.69. The van der Waals surface area contributed by atoms with Crippen molar-refractivity contribution < 1.29 is 4.79 Å². The van der Waals surface area contributed by atoms with E-state index in [1.54, 1.807) is 11.3 Å². The van der Waals surface area contributed by atoms with Gasteiger partial charge in [-0.15, -0.1) is 11.3 Å². The highest BCUT2D eigenvalue weighted by molar-refractivity contribution is 7.13. The van der Waals surface area contributed by atoms with Crippen molar-refractivity contribution in [1.29, 1.82) is 0 Å². The summed E-state index contributed by atoms with van der Waals surface area (Å²) in [7, 11) is 0. The van der Waals surface area contributed by atoms with Crippen LogP contribution in [0.15, 0.2) is 35.8 Å². The van der Waals surface area contributed by atoms with Crippen molar-refractivity contribution >= 4 is 22.4 Å². The summed E-state index contributed by atoms with van der Waals surface area (Å²) in [5, 5.41) is 6.14. The Labute approximate surface area is 122 Å². The molecule has 0 aliphatic carbocycles. The van der Waals surface area contributed by atoms with Crippen molar-refractivity contribution in [3.8, 4) is 0 Å². The summed E-state index contributed by atoms with van der Waals surface area (Å²) >= 11 is 1.64. The molecule has 20 heavy (non-hydrogen) atoms. The van der Waals surface area contributed by atoms with Gasteiger partial charge in [-0.2, -0.15) is 0 Å². The van der Waals surface area contributed by atoms with Gasteiger partial charge in [-0.05, 0) is 25.0 Å². The predicted molar refractivity (Wildman–Crippen MR) is 81.4 cm³/mol. The lowest BCUT2D eigenvalue weighted by molar-refractivity contribution is 0.0940. The number of nitrogens with zero attached hydrogens (tertiary/aromatic N) is 2. The van der Waals surface area contributed by atoms with E-state index < -0.39 is 0 Å². The number of nitrogens with one attached hydrogen (secondary N) is 1. The Hall–Kier alpha value is -1.88. The van der Waals surface area contributed by atoms with E-state index in [4.69, 9.17) is 0 Å². The summed E-state index contributed by atoms with van der Waals surface area (Å²) in [5.74, 6) is 0.0223. The summed E-state index contributed by atoms with van der Waals surface area (Å²) in [6.07, 6.45) is 2.79. The van der Waals surface area contributed by atoms with Gasteiger partial charge in [0.25, 0.3) is 5.91 Å². The van der Waals surface area contributed by atoms with E-state index in [0.717, 1.165) is 35.8 Å². The van der Waals surface area contributed by atoms with Crippen LogP contribution in [-0.4, -0.2) is 30.0 Å². The number of anilines is 1. The standard InChI is InChI=1S/C15H17N3OS/c1-11-4-2-3-5-13(11)14(19)17-12-6-8-18(10-12)15-16-7-9-20-15/h2-5,7,9,12H,6,8,10H2,1H3,(H,17,19)/t12-/m0/s1. The highest BCUT2D eigenvalue weighted by Gasteiger charge is 2.25. The average molecular weight is 287 g/mol. The molecule has 1 fully saturated rings. The first kappa shape index (κ1) is 13.1. The highest BCUT2D eigenvalue weighted by atomic mass is 32.1. The van der Waals surface area contributed by atoms with Gasteiger partial charge in [0.15, 0.2) is 5.13 Å². The van der Waals surface area contributed by atoms with Crippen LogP contribution in [0.1, 0.15) is 22.3 Å². The van der Waals surface area contributed by atoms with E-state index >= 15 is 0 Å². The van der Waals surface area contributed by atoms with Gasteiger partial charge in [-0.25, -0.2) is 4.98 Å². The molecule has 2 aromatic rings. The Bertz CT molecular complexity index is 597. The van der Waals surface area contributed by atoms with E-state index in [0.29, 0.717) is 0 Å². The summed E-state index contributed by atoms with van der Waals surface area (Å²) in [6.45, 7) is 3.75. The van der Waals surface area contributed by atoms with Crippen molar-refractivity contribution in [3.63, 3.8) is 0 Å². The van der Waals surface area contributed by atoms with Crippen LogP contribution in [0.4, 0.5) is 5.13 Å². The number of amides is 1. The lowest BCUT2D eigenvalue weighted by Crippen LogP contribution is -2.37. The number of carbonyl (C=O) groups excluding carboxylic acids is 1. The molecule has 1 saturated heterocycles.